The van der Waals surface area contributed by atoms with Crippen molar-refractivity contribution in [2.24, 2.45) is 11.7 Å². The fourth-order valence-electron chi connectivity index (χ4n) is 2.80. The van der Waals surface area contributed by atoms with Gasteiger partial charge in [0.15, 0.2) is 0 Å². The maximum absolute atomic E-state index is 11.2. The van der Waals surface area contributed by atoms with E-state index in [2.05, 4.69) is 10.6 Å². The van der Waals surface area contributed by atoms with Gasteiger partial charge in [-0.25, -0.2) is 4.79 Å². The minimum Gasteiger partial charge on any atom is -0.481 e. The highest BCUT2D eigenvalue weighted by Crippen LogP contribution is 2.33. The minimum absolute atomic E-state index is 0.0770. The number of carbonyl (C=O) groups is 2. The lowest BCUT2D eigenvalue weighted by molar-refractivity contribution is -0.142. The van der Waals surface area contributed by atoms with Gasteiger partial charge in [-0.1, -0.05) is 6.42 Å². The molecule has 0 radical (unpaired) electrons. The number of hydrogen-bond acceptors (Lipinski definition) is 4. The van der Waals surface area contributed by atoms with Crippen LogP contribution in [0.5, 0.6) is 0 Å². The Balaban J connectivity index is 1.73. The molecule has 0 aliphatic carbocycles. The smallest absolute Gasteiger partial charge is 0.315 e. The number of carboxylic acid groups (broad SMARTS) is 1. The van der Waals surface area contributed by atoms with Crippen LogP contribution in [0.3, 0.4) is 0 Å². The largest absolute Gasteiger partial charge is 0.481 e. The van der Waals surface area contributed by atoms with E-state index >= 15 is 0 Å². The Hall–Kier alpha value is -0.950. The highest BCUT2D eigenvalue weighted by atomic mass is 32.2. The van der Waals surface area contributed by atoms with Crippen molar-refractivity contribution in [2.75, 3.05) is 12.3 Å². The Labute approximate surface area is 116 Å². The first-order valence-corrected chi connectivity index (χ1v) is 7.78. The number of carbonyl (C=O) groups excluding carboxylic acids is 1. The molecule has 0 bridgehead atoms. The summed E-state index contributed by atoms with van der Waals surface area (Å²) in [5.41, 5.74) is 5.42. The molecule has 0 aromatic rings. The van der Waals surface area contributed by atoms with Crippen LogP contribution in [0.2, 0.25) is 0 Å². The maximum Gasteiger partial charge on any atom is 0.315 e. The van der Waals surface area contributed by atoms with E-state index in [4.69, 9.17) is 10.8 Å². The van der Waals surface area contributed by atoms with Gasteiger partial charge in [-0.2, -0.15) is 11.8 Å². The van der Waals surface area contributed by atoms with Crippen molar-refractivity contribution in [3.63, 3.8) is 0 Å². The van der Waals surface area contributed by atoms with Gasteiger partial charge < -0.3 is 21.5 Å². The first-order valence-electron chi connectivity index (χ1n) is 6.73. The first kappa shape index (κ1) is 14.5. The zero-order chi connectivity index (χ0) is 13.8. The summed E-state index contributed by atoms with van der Waals surface area (Å²) < 4.78 is 0. The molecule has 2 heterocycles. The lowest BCUT2D eigenvalue weighted by Gasteiger charge is -2.17. The normalized spacial score (nSPS) is 30.6. The molecule has 2 aliphatic rings. The second-order valence-corrected chi connectivity index (χ2v) is 6.44. The lowest BCUT2D eigenvalue weighted by Crippen LogP contribution is -2.36. The first-order chi connectivity index (χ1) is 9.11. The molecule has 108 valence electrons. The summed E-state index contributed by atoms with van der Waals surface area (Å²) in [5, 5.41) is 15.3. The monoisotopic (exact) mass is 287 g/mol. The summed E-state index contributed by atoms with van der Waals surface area (Å²) in [5.74, 6) is -0.138. The summed E-state index contributed by atoms with van der Waals surface area (Å²) in [6.07, 6.45) is 3.02. The Bertz CT molecular complexity index is 353. The van der Waals surface area contributed by atoms with Gasteiger partial charge in [0.25, 0.3) is 0 Å². The molecule has 6 nitrogen and oxygen atoms in total. The van der Waals surface area contributed by atoms with Crippen molar-refractivity contribution in [3.8, 4) is 0 Å². The van der Waals surface area contributed by atoms with Gasteiger partial charge in [0.1, 0.15) is 0 Å². The predicted molar refractivity (Wildman–Crippen MR) is 74.1 cm³/mol. The molecule has 1 unspecified atom stereocenters. The summed E-state index contributed by atoms with van der Waals surface area (Å²) >= 11 is 1.86. The number of amides is 2. The van der Waals surface area contributed by atoms with E-state index in [1.54, 1.807) is 0 Å². The molecule has 0 saturated carbocycles. The molecular formula is C12H21N3O3S. The van der Waals surface area contributed by atoms with Crippen LogP contribution in [-0.4, -0.2) is 46.7 Å². The highest BCUT2D eigenvalue weighted by molar-refractivity contribution is 8.00. The molecule has 2 amide bonds. The zero-order valence-corrected chi connectivity index (χ0v) is 11.6. The van der Waals surface area contributed by atoms with Crippen LogP contribution >= 0.6 is 11.8 Å². The van der Waals surface area contributed by atoms with E-state index in [0.29, 0.717) is 24.6 Å². The van der Waals surface area contributed by atoms with Gasteiger partial charge >= 0.3 is 12.0 Å². The molecule has 4 atom stereocenters. The number of urea groups is 1. The molecule has 19 heavy (non-hydrogen) atoms. The van der Waals surface area contributed by atoms with Crippen LogP contribution in [0.25, 0.3) is 0 Å². The van der Waals surface area contributed by atoms with E-state index in [9.17, 15) is 9.59 Å². The van der Waals surface area contributed by atoms with E-state index in [0.717, 1.165) is 18.6 Å². The maximum atomic E-state index is 11.2. The van der Waals surface area contributed by atoms with Crippen molar-refractivity contribution in [1.82, 2.24) is 10.6 Å². The molecule has 0 aromatic carbocycles. The van der Waals surface area contributed by atoms with Gasteiger partial charge in [0.05, 0.1) is 18.0 Å². The van der Waals surface area contributed by atoms with E-state index in [1.165, 1.54) is 0 Å². The Kier molecular flexibility index (Phi) is 4.93. The third-order valence-electron chi connectivity index (χ3n) is 3.84. The molecular weight excluding hydrogens is 266 g/mol. The fraction of sp³-hybridized carbons (Fsp3) is 0.833. The molecule has 2 saturated heterocycles. The summed E-state index contributed by atoms with van der Waals surface area (Å²) in [4.78, 5) is 22.3. The summed E-state index contributed by atoms with van der Waals surface area (Å²) in [6.45, 7) is 0.416. The van der Waals surface area contributed by atoms with Crippen molar-refractivity contribution in [1.29, 1.82) is 0 Å². The van der Waals surface area contributed by atoms with E-state index in [-0.39, 0.29) is 24.0 Å². The van der Waals surface area contributed by atoms with Gasteiger partial charge in [-0.05, 0) is 25.8 Å². The van der Waals surface area contributed by atoms with Crippen molar-refractivity contribution < 1.29 is 14.7 Å². The van der Waals surface area contributed by atoms with E-state index in [1.807, 2.05) is 11.8 Å². The third kappa shape index (κ3) is 3.54. The van der Waals surface area contributed by atoms with E-state index < -0.39 is 5.97 Å². The summed E-state index contributed by atoms with van der Waals surface area (Å²) in [7, 11) is 0. The van der Waals surface area contributed by atoms with Gasteiger partial charge in [-0.15, -0.1) is 0 Å². The standard InChI is InChI=1S/C12H21N3O3S/c13-5-4-7(11(16)17)2-1-3-9-10-8(6-19-9)14-12(18)15-10/h7-10H,1-6,13H2,(H,16,17)(H2,14,15,18)/t7?,8-,9-,10-/m0/s1. The highest BCUT2D eigenvalue weighted by Gasteiger charge is 2.42. The molecule has 0 aromatic heterocycles. The van der Waals surface area contributed by atoms with Crippen LogP contribution in [0.4, 0.5) is 4.79 Å². The van der Waals surface area contributed by atoms with Crippen LogP contribution in [0.1, 0.15) is 25.7 Å². The molecule has 2 fully saturated rings. The Morgan fingerprint density at radius 3 is 2.95 bits per heavy atom. The minimum atomic E-state index is -0.752. The number of carboxylic acids is 1. The second-order valence-electron chi connectivity index (χ2n) is 5.17. The Morgan fingerprint density at radius 1 is 1.47 bits per heavy atom. The van der Waals surface area contributed by atoms with Crippen LogP contribution < -0.4 is 16.4 Å². The SMILES string of the molecule is NCCC(CCC[C@@H]1SC[C@@H]2NC(=O)N[C@@H]21)C(=O)O. The second kappa shape index (κ2) is 6.47. The number of nitrogens with one attached hydrogen (secondary N) is 2. The number of thioether (sulfide) groups is 1. The van der Waals surface area contributed by atoms with Crippen molar-refractivity contribution in [2.45, 2.75) is 43.0 Å². The average Bonchev–Trinajstić information content (AvgIpc) is 2.88. The average molecular weight is 287 g/mol. The molecule has 7 heteroatoms. The van der Waals surface area contributed by atoms with Crippen molar-refractivity contribution in [3.05, 3.63) is 0 Å². The van der Waals surface area contributed by atoms with Crippen LogP contribution in [0, 0.1) is 5.92 Å². The topological polar surface area (TPSA) is 104 Å². The lowest BCUT2D eigenvalue weighted by atomic mass is 9.96. The Morgan fingerprint density at radius 2 is 2.26 bits per heavy atom. The molecule has 5 N–H and O–H groups in total. The molecule has 2 aliphatic heterocycles. The van der Waals surface area contributed by atoms with Crippen molar-refractivity contribution >= 4 is 23.8 Å². The summed E-state index contributed by atoms with van der Waals surface area (Å²) in [6, 6.07) is 0.365. The van der Waals surface area contributed by atoms with Gasteiger partial charge in [0.2, 0.25) is 0 Å². The number of fused-ring (bicyclic) bond motifs is 1. The predicted octanol–water partition coefficient (Wildman–Crippen LogP) is 0.372. The number of aliphatic carboxylic acids is 1. The quantitative estimate of drug-likeness (QED) is 0.506. The number of rotatable bonds is 7. The molecule has 0 spiro atoms. The molecule has 2 rings (SSSR count). The third-order valence-corrected chi connectivity index (χ3v) is 5.35. The number of hydrogen-bond donors (Lipinski definition) is 4. The fourth-order valence-corrected chi connectivity index (χ4v) is 4.34. The van der Waals surface area contributed by atoms with Gasteiger partial charge in [-0.3, -0.25) is 4.79 Å². The zero-order valence-electron chi connectivity index (χ0n) is 10.8. The van der Waals surface area contributed by atoms with Crippen LogP contribution in [0.15, 0.2) is 0 Å². The van der Waals surface area contributed by atoms with Crippen LogP contribution in [-0.2, 0) is 4.79 Å². The number of nitrogens with two attached hydrogens (primary N) is 1. The van der Waals surface area contributed by atoms with Gasteiger partial charge in [0, 0.05) is 11.0 Å².